The minimum Gasteiger partial charge on any atom is -0.330 e. The van der Waals surface area contributed by atoms with Crippen molar-refractivity contribution in [1.82, 2.24) is 9.88 Å². The van der Waals surface area contributed by atoms with Crippen molar-refractivity contribution in [2.24, 2.45) is 5.73 Å². The average molecular weight is 269 g/mol. The number of benzene rings is 1. The number of nitrogens with zero attached hydrogens (tertiary/aromatic N) is 2. The summed E-state index contributed by atoms with van der Waals surface area (Å²) in [5.41, 5.74) is 9.36. The third kappa shape index (κ3) is 4.76. The van der Waals surface area contributed by atoms with Crippen LogP contribution in [0.4, 0.5) is 0 Å². The van der Waals surface area contributed by atoms with E-state index in [1.165, 1.54) is 11.1 Å². The molecule has 0 aliphatic heterocycles. The topological polar surface area (TPSA) is 42.2 Å². The lowest BCUT2D eigenvalue weighted by molar-refractivity contribution is 0.330. The third-order valence-electron chi connectivity index (χ3n) is 3.38. The molecule has 106 valence electrons. The number of likely N-dealkylation sites (N-methyl/N-ethyl adjacent to an activating group) is 1. The molecule has 0 fully saturated rings. The summed E-state index contributed by atoms with van der Waals surface area (Å²) in [5.74, 6) is 0. The minimum absolute atomic E-state index is 0.712. The highest BCUT2D eigenvalue weighted by molar-refractivity contribution is 5.22. The minimum atomic E-state index is 0.712. The van der Waals surface area contributed by atoms with Gasteiger partial charge >= 0.3 is 0 Å². The zero-order chi connectivity index (χ0) is 14.2. The lowest BCUT2D eigenvalue weighted by Crippen LogP contribution is -2.21. The molecule has 3 heteroatoms. The second kappa shape index (κ2) is 7.78. The average Bonchev–Trinajstić information content (AvgIpc) is 2.49. The van der Waals surface area contributed by atoms with Gasteiger partial charge < -0.3 is 10.6 Å². The Morgan fingerprint density at radius 1 is 1.00 bits per heavy atom. The van der Waals surface area contributed by atoms with E-state index in [1.807, 2.05) is 18.3 Å². The Labute approximate surface area is 121 Å². The fourth-order valence-electron chi connectivity index (χ4n) is 2.22. The largest absolute Gasteiger partial charge is 0.330 e. The Morgan fingerprint density at radius 3 is 2.40 bits per heavy atom. The van der Waals surface area contributed by atoms with E-state index in [4.69, 9.17) is 5.73 Å². The molecule has 0 aliphatic rings. The van der Waals surface area contributed by atoms with Crippen molar-refractivity contribution < 1.29 is 0 Å². The molecular weight excluding hydrogens is 246 g/mol. The summed E-state index contributed by atoms with van der Waals surface area (Å²) in [5, 5.41) is 0. The number of aromatic nitrogens is 1. The first kappa shape index (κ1) is 14.7. The molecule has 2 N–H and O–H groups in total. The first-order valence-electron chi connectivity index (χ1n) is 7.14. The van der Waals surface area contributed by atoms with Crippen molar-refractivity contribution in [2.45, 2.75) is 19.4 Å². The van der Waals surface area contributed by atoms with Crippen molar-refractivity contribution >= 4 is 0 Å². The van der Waals surface area contributed by atoms with E-state index >= 15 is 0 Å². The summed E-state index contributed by atoms with van der Waals surface area (Å²) in [6, 6.07) is 14.8. The number of nitrogens with two attached hydrogens (primary N) is 1. The van der Waals surface area contributed by atoms with E-state index in [-0.39, 0.29) is 0 Å². The zero-order valence-electron chi connectivity index (χ0n) is 12.1. The van der Waals surface area contributed by atoms with Crippen molar-refractivity contribution in [2.75, 3.05) is 20.1 Å². The van der Waals surface area contributed by atoms with Gasteiger partial charge in [-0.15, -0.1) is 0 Å². The van der Waals surface area contributed by atoms with Gasteiger partial charge in [-0.05, 0) is 43.3 Å². The molecule has 0 radical (unpaired) electrons. The van der Waals surface area contributed by atoms with Gasteiger partial charge in [-0.2, -0.15) is 0 Å². The van der Waals surface area contributed by atoms with Gasteiger partial charge in [-0.3, -0.25) is 4.98 Å². The molecule has 2 rings (SSSR count). The molecule has 0 atom stereocenters. The first-order chi connectivity index (χ1) is 9.78. The van der Waals surface area contributed by atoms with Gasteiger partial charge in [-0.25, -0.2) is 0 Å². The molecule has 0 aliphatic carbocycles. The molecule has 1 aromatic carbocycles. The lowest BCUT2D eigenvalue weighted by atomic mass is 10.1. The van der Waals surface area contributed by atoms with Gasteiger partial charge in [0.1, 0.15) is 0 Å². The Balaban J connectivity index is 1.80. The molecule has 0 bridgehead atoms. The number of hydrogen-bond donors (Lipinski definition) is 1. The zero-order valence-corrected chi connectivity index (χ0v) is 12.1. The number of pyridine rings is 1. The van der Waals surface area contributed by atoms with Crippen LogP contribution in [0.1, 0.15) is 16.8 Å². The van der Waals surface area contributed by atoms with Crippen LogP contribution < -0.4 is 5.73 Å². The summed E-state index contributed by atoms with van der Waals surface area (Å²) < 4.78 is 0. The van der Waals surface area contributed by atoms with Gasteiger partial charge in [0.2, 0.25) is 0 Å². The molecule has 0 unspecified atom stereocenters. The maximum absolute atomic E-state index is 5.56. The molecule has 0 saturated carbocycles. The van der Waals surface area contributed by atoms with E-state index < -0.39 is 0 Å². The van der Waals surface area contributed by atoms with Crippen LogP contribution in [0, 0.1) is 0 Å². The molecule has 0 amide bonds. The van der Waals surface area contributed by atoms with E-state index in [0.717, 1.165) is 31.6 Å². The van der Waals surface area contributed by atoms with Gasteiger partial charge in [0.05, 0.1) is 0 Å². The highest BCUT2D eigenvalue weighted by Gasteiger charge is 2.02. The Morgan fingerprint density at radius 2 is 1.75 bits per heavy atom. The molecule has 2 aromatic rings. The maximum Gasteiger partial charge on any atom is 0.0416 e. The number of hydrogen-bond acceptors (Lipinski definition) is 3. The van der Waals surface area contributed by atoms with E-state index in [0.29, 0.717) is 6.54 Å². The molecule has 3 nitrogen and oxygen atoms in total. The van der Waals surface area contributed by atoms with Crippen LogP contribution in [-0.2, 0) is 19.4 Å². The van der Waals surface area contributed by atoms with Crippen LogP contribution >= 0.6 is 0 Å². The SMILES string of the molecule is CN(CCc1ccccn1)Cc1ccc(CCN)cc1. The standard InChI is InChI=1S/C17H23N3/c1-20(13-10-17-4-2-3-12-19-17)14-16-7-5-15(6-8-16)9-11-18/h2-8,12H,9-11,13-14,18H2,1H3. The van der Waals surface area contributed by atoms with Crippen LogP contribution in [0.5, 0.6) is 0 Å². The normalized spacial score (nSPS) is 10.9. The summed E-state index contributed by atoms with van der Waals surface area (Å²) in [7, 11) is 2.15. The van der Waals surface area contributed by atoms with Crippen LogP contribution in [0.25, 0.3) is 0 Å². The van der Waals surface area contributed by atoms with Crippen molar-refractivity contribution in [3.05, 3.63) is 65.5 Å². The quantitative estimate of drug-likeness (QED) is 0.838. The second-order valence-electron chi connectivity index (χ2n) is 5.16. The predicted octanol–water partition coefficient (Wildman–Crippen LogP) is 2.26. The van der Waals surface area contributed by atoms with Gasteiger partial charge in [0, 0.05) is 31.4 Å². The van der Waals surface area contributed by atoms with E-state index in [2.05, 4.69) is 47.3 Å². The fourth-order valence-corrected chi connectivity index (χ4v) is 2.22. The Hall–Kier alpha value is -1.71. The molecule has 1 heterocycles. The summed E-state index contributed by atoms with van der Waals surface area (Å²) >= 11 is 0. The van der Waals surface area contributed by atoms with E-state index in [9.17, 15) is 0 Å². The van der Waals surface area contributed by atoms with Crippen LogP contribution in [-0.4, -0.2) is 30.0 Å². The molecule has 0 saturated heterocycles. The highest BCUT2D eigenvalue weighted by atomic mass is 15.1. The summed E-state index contributed by atoms with van der Waals surface area (Å²) in [4.78, 5) is 6.68. The molecule has 0 spiro atoms. The first-order valence-corrected chi connectivity index (χ1v) is 7.14. The predicted molar refractivity (Wildman–Crippen MR) is 83.5 cm³/mol. The third-order valence-corrected chi connectivity index (χ3v) is 3.38. The maximum atomic E-state index is 5.56. The smallest absolute Gasteiger partial charge is 0.0416 e. The van der Waals surface area contributed by atoms with Gasteiger partial charge in [-0.1, -0.05) is 30.3 Å². The monoisotopic (exact) mass is 269 g/mol. The highest BCUT2D eigenvalue weighted by Crippen LogP contribution is 2.07. The van der Waals surface area contributed by atoms with Crippen molar-refractivity contribution in [1.29, 1.82) is 0 Å². The summed E-state index contributed by atoms with van der Waals surface area (Å²) in [6.07, 6.45) is 3.80. The molecule has 1 aromatic heterocycles. The van der Waals surface area contributed by atoms with Crippen LogP contribution in [0.3, 0.4) is 0 Å². The molecular formula is C17H23N3. The number of rotatable bonds is 7. The van der Waals surface area contributed by atoms with Crippen molar-refractivity contribution in [3.63, 3.8) is 0 Å². The summed E-state index contributed by atoms with van der Waals surface area (Å²) in [6.45, 7) is 2.70. The fraction of sp³-hybridized carbons (Fsp3) is 0.353. The Kier molecular flexibility index (Phi) is 5.71. The van der Waals surface area contributed by atoms with Crippen LogP contribution in [0.15, 0.2) is 48.7 Å². The van der Waals surface area contributed by atoms with Crippen LogP contribution in [0.2, 0.25) is 0 Å². The van der Waals surface area contributed by atoms with Gasteiger partial charge in [0.15, 0.2) is 0 Å². The second-order valence-corrected chi connectivity index (χ2v) is 5.16. The Bertz CT molecular complexity index is 493. The van der Waals surface area contributed by atoms with Gasteiger partial charge in [0.25, 0.3) is 0 Å². The molecule has 20 heavy (non-hydrogen) atoms. The lowest BCUT2D eigenvalue weighted by Gasteiger charge is -2.16. The van der Waals surface area contributed by atoms with E-state index in [1.54, 1.807) is 0 Å². The van der Waals surface area contributed by atoms with Crippen molar-refractivity contribution in [3.8, 4) is 0 Å².